The molecule has 1 aliphatic heterocycles. The van der Waals surface area contributed by atoms with Gasteiger partial charge in [0.15, 0.2) is 6.40 Å². The average Bonchev–Trinajstić information content (AvgIpc) is 2.05. The fraction of sp³-hybridized carbons (Fsp3) is 0.625. The topological polar surface area (TPSA) is 21.6 Å². The molecule has 0 radical (unpaired) electrons. The highest BCUT2D eigenvalue weighted by Gasteiger charge is 2.20. The molecule has 2 heteroatoms. The minimum atomic E-state index is 0.367. The zero-order chi connectivity index (χ0) is 6.81. The molecule has 2 nitrogen and oxygen atoms in total. The summed E-state index contributed by atoms with van der Waals surface area (Å²) < 4.78 is 5.32. The number of hydrogen-bond acceptors (Lipinski definition) is 2. The van der Waals surface area contributed by atoms with Crippen molar-refractivity contribution in [2.75, 3.05) is 0 Å². The van der Waals surface area contributed by atoms with E-state index in [4.69, 9.17) is 4.74 Å². The van der Waals surface area contributed by atoms with Crippen LogP contribution in [0.2, 0.25) is 0 Å². The summed E-state index contributed by atoms with van der Waals surface area (Å²) in [5.74, 6) is 0. The van der Waals surface area contributed by atoms with Crippen LogP contribution in [0.25, 0.3) is 0 Å². The van der Waals surface area contributed by atoms with Crippen molar-refractivity contribution in [2.45, 2.75) is 31.8 Å². The van der Waals surface area contributed by atoms with E-state index in [2.05, 4.69) is 4.99 Å². The van der Waals surface area contributed by atoms with Crippen LogP contribution >= 0.6 is 0 Å². The number of nitrogens with zero attached hydrogens (tertiary/aromatic N) is 1. The van der Waals surface area contributed by atoms with Crippen LogP contribution in [-0.4, -0.2) is 12.5 Å². The van der Waals surface area contributed by atoms with Crippen LogP contribution in [0.4, 0.5) is 0 Å². The van der Waals surface area contributed by atoms with Crippen molar-refractivity contribution in [3.05, 3.63) is 11.8 Å². The van der Waals surface area contributed by atoms with Crippen molar-refractivity contribution in [1.82, 2.24) is 0 Å². The zero-order valence-electron chi connectivity index (χ0n) is 5.92. The number of rotatable bonds is 0. The molecular formula is C8H11NO. The third kappa shape index (κ3) is 0.939. The second-order valence-corrected chi connectivity index (χ2v) is 2.83. The van der Waals surface area contributed by atoms with Crippen molar-refractivity contribution >= 4 is 6.40 Å². The Kier molecular flexibility index (Phi) is 1.46. The summed E-state index contributed by atoms with van der Waals surface area (Å²) in [6.07, 6.45) is 8.84. The van der Waals surface area contributed by atoms with Gasteiger partial charge in [-0.25, -0.2) is 4.99 Å². The Morgan fingerprint density at radius 3 is 3.40 bits per heavy atom. The molecule has 0 bridgehead atoms. The monoisotopic (exact) mass is 137 g/mol. The SMILES string of the molecule is C1=NC=C2CCCCC2O1. The molecule has 0 aromatic heterocycles. The van der Waals surface area contributed by atoms with Crippen LogP contribution in [0.5, 0.6) is 0 Å². The second-order valence-electron chi connectivity index (χ2n) is 2.83. The lowest BCUT2D eigenvalue weighted by molar-refractivity contribution is 0.196. The molecule has 0 aromatic carbocycles. The van der Waals surface area contributed by atoms with Gasteiger partial charge in [-0.3, -0.25) is 0 Å². The van der Waals surface area contributed by atoms with Gasteiger partial charge in [-0.1, -0.05) is 0 Å². The van der Waals surface area contributed by atoms with E-state index in [1.807, 2.05) is 6.20 Å². The zero-order valence-corrected chi connectivity index (χ0v) is 5.92. The van der Waals surface area contributed by atoms with Gasteiger partial charge in [0.2, 0.25) is 0 Å². The van der Waals surface area contributed by atoms with Gasteiger partial charge in [-0.2, -0.15) is 0 Å². The van der Waals surface area contributed by atoms with E-state index in [-0.39, 0.29) is 0 Å². The van der Waals surface area contributed by atoms with Gasteiger partial charge in [0, 0.05) is 6.20 Å². The standard InChI is InChI=1S/C8H11NO/c1-2-4-8-7(3-1)5-9-6-10-8/h5-6,8H,1-4H2. The molecule has 2 aliphatic rings. The van der Waals surface area contributed by atoms with Crippen molar-refractivity contribution in [2.24, 2.45) is 4.99 Å². The molecule has 1 unspecified atom stereocenters. The van der Waals surface area contributed by atoms with Crippen LogP contribution < -0.4 is 0 Å². The van der Waals surface area contributed by atoms with E-state index in [1.54, 1.807) is 6.40 Å². The molecule has 2 rings (SSSR count). The minimum absolute atomic E-state index is 0.367. The predicted molar refractivity (Wildman–Crippen MR) is 39.9 cm³/mol. The van der Waals surface area contributed by atoms with Crippen LogP contribution in [0.1, 0.15) is 25.7 Å². The molecule has 1 atom stereocenters. The summed E-state index contributed by atoms with van der Waals surface area (Å²) >= 11 is 0. The van der Waals surface area contributed by atoms with Crippen molar-refractivity contribution in [1.29, 1.82) is 0 Å². The van der Waals surface area contributed by atoms with Crippen LogP contribution in [-0.2, 0) is 4.74 Å². The van der Waals surface area contributed by atoms with E-state index in [1.165, 1.54) is 31.3 Å². The molecule has 0 N–H and O–H groups in total. The Morgan fingerprint density at radius 2 is 2.50 bits per heavy atom. The summed E-state index contributed by atoms with van der Waals surface area (Å²) in [4.78, 5) is 3.95. The highest BCUT2D eigenvalue weighted by Crippen LogP contribution is 2.27. The molecule has 0 saturated heterocycles. The van der Waals surface area contributed by atoms with E-state index >= 15 is 0 Å². The molecule has 1 aliphatic carbocycles. The van der Waals surface area contributed by atoms with Crippen LogP contribution in [0, 0.1) is 0 Å². The number of ether oxygens (including phenoxy) is 1. The maximum Gasteiger partial charge on any atom is 0.174 e. The normalized spacial score (nSPS) is 30.4. The van der Waals surface area contributed by atoms with Gasteiger partial charge in [0.1, 0.15) is 6.10 Å². The first-order valence-electron chi connectivity index (χ1n) is 3.83. The van der Waals surface area contributed by atoms with Gasteiger partial charge in [0.25, 0.3) is 0 Å². The highest BCUT2D eigenvalue weighted by molar-refractivity contribution is 5.50. The van der Waals surface area contributed by atoms with Gasteiger partial charge < -0.3 is 4.74 Å². The third-order valence-corrected chi connectivity index (χ3v) is 2.12. The lowest BCUT2D eigenvalue weighted by atomic mass is 9.92. The molecule has 1 fully saturated rings. The van der Waals surface area contributed by atoms with E-state index in [0.29, 0.717) is 6.10 Å². The first-order chi connectivity index (χ1) is 4.97. The lowest BCUT2D eigenvalue weighted by Crippen LogP contribution is -2.21. The fourth-order valence-corrected chi connectivity index (χ4v) is 1.54. The van der Waals surface area contributed by atoms with Gasteiger partial charge in [0.05, 0.1) is 0 Å². The largest absolute Gasteiger partial charge is 0.476 e. The maximum atomic E-state index is 5.32. The molecule has 1 saturated carbocycles. The Hall–Kier alpha value is -0.790. The number of hydrogen-bond donors (Lipinski definition) is 0. The van der Waals surface area contributed by atoms with Gasteiger partial charge in [-0.15, -0.1) is 0 Å². The average molecular weight is 137 g/mol. The molecule has 54 valence electrons. The van der Waals surface area contributed by atoms with Crippen molar-refractivity contribution in [3.63, 3.8) is 0 Å². The van der Waals surface area contributed by atoms with Crippen LogP contribution in [0.15, 0.2) is 16.8 Å². The smallest absolute Gasteiger partial charge is 0.174 e. The molecule has 0 aromatic rings. The summed E-state index contributed by atoms with van der Waals surface area (Å²) in [5, 5.41) is 0. The summed E-state index contributed by atoms with van der Waals surface area (Å²) in [6, 6.07) is 0. The Balaban J connectivity index is 2.14. The van der Waals surface area contributed by atoms with E-state index < -0.39 is 0 Å². The highest BCUT2D eigenvalue weighted by atomic mass is 16.5. The summed E-state index contributed by atoms with van der Waals surface area (Å²) in [5.41, 5.74) is 1.38. The second kappa shape index (κ2) is 2.45. The van der Waals surface area contributed by atoms with E-state index in [9.17, 15) is 0 Å². The summed E-state index contributed by atoms with van der Waals surface area (Å²) in [7, 11) is 0. The Labute approximate surface area is 60.6 Å². The van der Waals surface area contributed by atoms with Crippen molar-refractivity contribution < 1.29 is 4.74 Å². The minimum Gasteiger partial charge on any atom is -0.476 e. The molecule has 1 heterocycles. The molecular weight excluding hydrogens is 126 g/mol. The quantitative estimate of drug-likeness (QED) is 0.499. The first kappa shape index (κ1) is 5.96. The molecule has 10 heavy (non-hydrogen) atoms. The van der Waals surface area contributed by atoms with Crippen LogP contribution in [0.3, 0.4) is 0 Å². The molecule has 0 spiro atoms. The Morgan fingerprint density at radius 1 is 1.50 bits per heavy atom. The summed E-state index contributed by atoms with van der Waals surface area (Å²) in [6.45, 7) is 0. The van der Waals surface area contributed by atoms with Gasteiger partial charge >= 0.3 is 0 Å². The fourth-order valence-electron chi connectivity index (χ4n) is 1.54. The first-order valence-corrected chi connectivity index (χ1v) is 3.83. The maximum absolute atomic E-state index is 5.32. The predicted octanol–water partition coefficient (Wildman–Crippen LogP) is 1.87. The molecule has 0 amide bonds. The Bertz CT molecular complexity index is 184. The van der Waals surface area contributed by atoms with Crippen molar-refractivity contribution in [3.8, 4) is 0 Å². The third-order valence-electron chi connectivity index (χ3n) is 2.12. The number of fused-ring (bicyclic) bond motifs is 1. The van der Waals surface area contributed by atoms with Gasteiger partial charge in [-0.05, 0) is 31.3 Å². The van der Waals surface area contributed by atoms with E-state index in [0.717, 1.165) is 0 Å². The number of aliphatic imine (C=N–C) groups is 1. The lowest BCUT2D eigenvalue weighted by Gasteiger charge is -2.25.